The van der Waals surface area contributed by atoms with Crippen LogP contribution in [0.3, 0.4) is 0 Å². The fraction of sp³-hybridized carbons (Fsp3) is 0.667. The van der Waals surface area contributed by atoms with Crippen molar-refractivity contribution in [2.75, 3.05) is 0 Å². The first-order valence-corrected chi connectivity index (χ1v) is 3.88. The first-order chi connectivity index (χ1) is 4.52. The Morgan fingerprint density at radius 3 is 2.60 bits per heavy atom. The SMILES string of the molecule is CC1=NNC(C)(C)C(=O)S1. The van der Waals surface area contributed by atoms with Crippen LogP contribution in [0.5, 0.6) is 0 Å². The molecule has 0 fully saturated rings. The number of thioether (sulfide) groups is 1. The molecule has 0 bridgehead atoms. The van der Waals surface area contributed by atoms with Crippen LogP contribution in [0.4, 0.5) is 0 Å². The second kappa shape index (κ2) is 2.27. The Bertz CT molecular complexity index is 198. The molecule has 0 saturated heterocycles. The van der Waals surface area contributed by atoms with E-state index in [9.17, 15) is 4.79 Å². The van der Waals surface area contributed by atoms with E-state index in [-0.39, 0.29) is 5.12 Å². The van der Waals surface area contributed by atoms with E-state index in [0.29, 0.717) is 0 Å². The normalized spacial score (nSPS) is 23.5. The van der Waals surface area contributed by atoms with Gasteiger partial charge in [-0.15, -0.1) is 0 Å². The van der Waals surface area contributed by atoms with Crippen LogP contribution < -0.4 is 5.43 Å². The smallest absolute Gasteiger partial charge is 0.221 e. The molecule has 0 amide bonds. The third kappa shape index (κ3) is 1.31. The fourth-order valence-corrected chi connectivity index (χ4v) is 1.21. The lowest BCUT2D eigenvalue weighted by Gasteiger charge is -2.25. The van der Waals surface area contributed by atoms with Crippen molar-refractivity contribution in [3.8, 4) is 0 Å². The molecule has 0 spiro atoms. The van der Waals surface area contributed by atoms with Crippen LogP contribution in [0.25, 0.3) is 0 Å². The Kier molecular flexibility index (Phi) is 1.72. The van der Waals surface area contributed by atoms with E-state index in [4.69, 9.17) is 0 Å². The molecule has 0 aliphatic carbocycles. The zero-order valence-electron chi connectivity index (χ0n) is 6.26. The average Bonchev–Trinajstić information content (AvgIpc) is 1.81. The first-order valence-electron chi connectivity index (χ1n) is 3.06. The van der Waals surface area contributed by atoms with Crippen LogP contribution in [-0.2, 0) is 4.79 Å². The largest absolute Gasteiger partial charge is 0.295 e. The number of carbonyl (C=O) groups is 1. The molecule has 0 aromatic carbocycles. The molecule has 0 saturated carbocycles. The number of hydrogen-bond acceptors (Lipinski definition) is 4. The summed E-state index contributed by atoms with van der Waals surface area (Å²) in [5.41, 5.74) is 2.28. The second-order valence-corrected chi connectivity index (χ2v) is 3.92. The molecule has 0 unspecified atom stereocenters. The lowest BCUT2D eigenvalue weighted by atomic mass is 10.1. The summed E-state index contributed by atoms with van der Waals surface area (Å²) in [5.74, 6) is 0. The van der Waals surface area contributed by atoms with Gasteiger partial charge in [-0.2, -0.15) is 5.10 Å². The molecule has 1 N–H and O–H groups in total. The zero-order valence-corrected chi connectivity index (χ0v) is 7.08. The fourth-order valence-electron chi connectivity index (χ4n) is 0.549. The van der Waals surface area contributed by atoms with E-state index in [1.54, 1.807) is 0 Å². The maximum absolute atomic E-state index is 11.1. The van der Waals surface area contributed by atoms with Crippen molar-refractivity contribution in [2.45, 2.75) is 26.3 Å². The first kappa shape index (κ1) is 7.60. The van der Waals surface area contributed by atoms with Gasteiger partial charge >= 0.3 is 0 Å². The van der Waals surface area contributed by atoms with Gasteiger partial charge in [0.2, 0.25) is 5.12 Å². The molecule has 1 aliphatic heterocycles. The van der Waals surface area contributed by atoms with Gasteiger partial charge in [-0.05, 0) is 32.5 Å². The van der Waals surface area contributed by atoms with Crippen molar-refractivity contribution < 1.29 is 4.79 Å². The highest BCUT2D eigenvalue weighted by molar-refractivity contribution is 8.26. The van der Waals surface area contributed by atoms with Gasteiger partial charge in [0.05, 0.1) is 5.04 Å². The van der Waals surface area contributed by atoms with E-state index in [2.05, 4.69) is 10.5 Å². The number of rotatable bonds is 0. The third-order valence-electron chi connectivity index (χ3n) is 1.24. The van der Waals surface area contributed by atoms with Crippen LogP contribution in [0, 0.1) is 0 Å². The van der Waals surface area contributed by atoms with Crippen molar-refractivity contribution in [3.05, 3.63) is 0 Å². The topological polar surface area (TPSA) is 41.5 Å². The lowest BCUT2D eigenvalue weighted by Crippen LogP contribution is -2.45. The van der Waals surface area contributed by atoms with Crippen molar-refractivity contribution >= 4 is 21.9 Å². The van der Waals surface area contributed by atoms with Crippen molar-refractivity contribution in [3.63, 3.8) is 0 Å². The van der Waals surface area contributed by atoms with E-state index in [0.717, 1.165) is 5.04 Å². The molecule has 0 atom stereocenters. The van der Waals surface area contributed by atoms with Gasteiger partial charge in [-0.3, -0.25) is 10.2 Å². The molecule has 1 rings (SSSR count). The molecular weight excluding hydrogens is 148 g/mol. The molecular formula is C6H10N2OS. The van der Waals surface area contributed by atoms with Crippen LogP contribution in [0.1, 0.15) is 20.8 Å². The van der Waals surface area contributed by atoms with Crippen LogP contribution in [0.15, 0.2) is 5.10 Å². The van der Waals surface area contributed by atoms with Crippen LogP contribution in [-0.4, -0.2) is 15.7 Å². The average molecular weight is 158 g/mol. The second-order valence-electron chi connectivity index (χ2n) is 2.76. The summed E-state index contributed by atoms with van der Waals surface area (Å²) in [6, 6.07) is 0. The highest BCUT2D eigenvalue weighted by Gasteiger charge is 2.31. The number of nitrogens with zero attached hydrogens (tertiary/aromatic N) is 1. The van der Waals surface area contributed by atoms with Gasteiger partial charge in [0.15, 0.2) is 0 Å². The number of nitrogens with one attached hydrogen (secondary N) is 1. The van der Waals surface area contributed by atoms with Gasteiger partial charge in [0.1, 0.15) is 5.54 Å². The minimum Gasteiger partial charge on any atom is -0.295 e. The molecule has 56 valence electrons. The predicted molar refractivity (Wildman–Crippen MR) is 42.9 cm³/mol. The van der Waals surface area contributed by atoms with E-state index in [1.165, 1.54) is 11.8 Å². The van der Waals surface area contributed by atoms with Crippen molar-refractivity contribution in [1.82, 2.24) is 5.43 Å². The van der Waals surface area contributed by atoms with Gasteiger partial charge in [0, 0.05) is 0 Å². The maximum atomic E-state index is 11.1. The van der Waals surface area contributed by atoms with Crippen molar-refractivity contribution in [2.24, 2.45) is 5.10 Å². The minimum absolute atomic E-state index is 0.125. The lowest BCUT2D eigenvalue weighted by molar-refractivity contribution is -0.115. The van der Waals surface area contributed by atoms with E-state index < -0.39 is 5.54 Å². The number of hydrogen-bond donors (Lipinski definition) is 1. The molecule has 3 nitrogen and oxygen atoms in total. The van der Waals surface area contributed by atoms with Gasteiger partial charge < -0.3 is 0 Å². The van der Waals surface area contributed by atoms with Gasteiger partial charge in [0.25, 0.3) is 0 Å². The summed E-state index contributed by atoms with van der Waals surface area (Å²) < 4.78 is 0. The molecule has 0 aromatic heterocycles. The quantitative estimate of drug-likeness (QED) is 0.571. The summed E-state index contributed by atoms with van der Waals surface area (Å²) in [6.45, 7) is 5.45. The van der Waals surface area contributed by atoms with Gasteiger partial charge in [-0.25, -0.2) is 0 Å². The molecule has 4 heteroatoms. The summed E-state index contributed by atoms with van der Waals surface area (Å²) in [7, 11) is 0. The molecule has 1 aliphatic rings. The third-order valence-corrected chi connectivity index (χ3v) is 2.33. The minimum atomic E-state index is -0.496. The molecule has 0 aromatic rings. The monoisotopic (exact) mass is 158 g/mol. The summed E-state index contributed by atoms with van der Waals surface area (Å²) >= 11 is 1.20. The van der Waals surface area contributed by atoms with E-state index >= 15 is 0 Å². The number of hydrazone groups is 1. The molecule has 0 radical (unpaired) electrons. The Hall–Kier alpha value is -0.510. The Morgan fingerprint density at radius 1 is 1.60 bits per heavy atom. The molecule has 1 heterocycles. The Labute approximate surface area is 64.3 Å². The van der Waals surface area contributed by atoms with Crippen LogP contribution in [0.2, 0.25) is 0 Å². The zero-order chi connectivity index (χ0) is 7.78. The Morgan fingerprint density at radius 2 is 2.20 bits per heavy atom. The standard InChI is InChI=1S/C6H10N2OS/c1-4-7-8-6(2,3)5(9)10-4/h8H,1-3H3. The Balaban J connectivity index is 2.80. The maximum Gasteiger partial charge on any atom is 0.221 e. The summed E-state index contributed by atoms with van der Waals surface area (Å²) in [4.78, 5) is 11.1. The summed E-state index contributed by atoms with van der Waals surface area (Å²) in [6.07, 6.45) is 0. The summed E-state index contributed by atoms with van der Waals surface area (Å²) in [5, 5.41) is 4.85. The van der Waals surface area contributed by atoms with Crippen LogP contribution >= 0.6 is 11.8 Å². The van der Waals surface area contributed by atoms with E-state index in [1.807, 2.05) is 20.8 Å². The highest BCUT2D eigenvalue weighted by atomic mass is 32.2. The molecule has 10 heavy (non-hydrogen) atoms. The predicted octanol–water partition coefficient (Wildman–Crippen LogP) is 0.961. The number of carbonyl (C=O) groups excluding carboxylic acids is 1. The highest BCUT2D eigenvalue weighted by Crippen LogP contribution is 2.20. The van der Waals surface area contributed by atoms with Gasteiger partial charge in [-0.1, -0.05) is 0 Å². The van der Waals surface area contributed by atoms with Crippen molar-refractivity contribution in [1.29, 1.82) is 0 Å².